The molecule has 0 radical (unpaired) electrons. The number of nitro groups is 1. The lowest BCUT2D eigenvalue weighted by Gasteiger charge is -2.40. The molecule has 1 aliphatic rings. The first kappa shape index (κ1) is 20.6. The van der Waals surface area contributed by atoms with Crippen LogP contribution in [-0.4, -0.2) is 52.1 Å². The lowest BCUT2D eigenvalue weighted by atomic mass is 10.1. The number of rotatable bonds is 3. The molecule has 0 bridgehead atoms. The molecule has 0 aliphatic carbocycles. The smallest absolute Gasteiger partial charge is 0.410 e. The highest BCUT2D eigenvalue weighted by molar-refractivity contribution is 9.10. The first-order chi connectivity index (χ1) is 12.0. The Morgan fingerprint density at radius 1 is 1.38 bits per heavy atom. The van der Waals surface area contributed by atoms with E-state index in [1.807, 2.05) is 33.8 Å². The van der Waals surface area contributed by atoms with Gasteiger partial charge in [0.2, 0.25) is 0 Å². The minimum absolute atomic E-state index is 0.0149. The Kier molecular flexibility index (Phi) is 6.29. The first-order valence-corrected chi connectivity index (χ1v) is 9.42. The molecule has 0 aromatic heterocycles. The number of carbonyl (C=O) groups is 1. The normalized spacial score (nSPS) is 18.7. The zero-order valence-electron chi connectivity index (χ0n) is 15.9. The summed E-state index contributed by atoms with van der Waals surface area (Å²) < 4.78 is 6.16. The van der Waals surface area contributed by atoms with E-state index in [9.17, 15) is 14.9 Å². The van der Waals surface area contributed by atoms with Crippen LogP contribution in [0.3, 0.4) is 0 Å². The van der Waals surface area contributed by atoms with Gasteiger partial charge in [-0.05, 0) is 46.2 Å². The van der Waals surface area contributed by atoms with Gasteiger partial charge in [-0.2, -0.15) is 0 Å². The Morgan fingerprint density at radius 2 is 2.04 bits per heavy atom. The van der Waals surface area contributed by atoms with E-state index in [1.54, 1.807) is 11.8 Å². The fourth-order valence-electron chi connectivity index (χ4n) is 3.08. The predicted molar refractivity (Wildman–Crippen MR) is 103 cm³/mol. The van der Waals surface area contributed by atoms with Crippen LogP contribution in [0, 0.1) is 17.0 Å². The summed E-state index contributed by atoms with van der Waals surface area (Å²) in [4.78, 5) is 27.1. The van der Waals surface area contributed by atoms with Crippen LogP contribution < -0.4 is 0 Å². The maximum atomic E-state index is 12.3. The molecule has 7 nitrogen and oxygen atoms in total. The number of benzene rings is 1. The van der Waals surface area contributed by atoms with Crippen molar-refractivity contribution in [3.05, 3.63) is 37.8 Å². The van der Waals surface area contributed by atoms with Crippen LogP contribution in [0.5, 0.6) is 0 Å². The first-order valence-electron chi connectivity index (χ1n) is 8.63. The highest BCUT2D eigenvalue weighted by Gasteiger charge is 2.31. The molecule has 1 aromatic carbocycles. The highest BCUT2D eigenvalue weighted by atomic mass is 79.9. The molecule has 0 N–H and O–H groups in total. The minimum atomic E-state index is -0.514. The van der Waals surface area contributed by atoms with E-state index in [1.165, 1.54) is 6.07 Å². The van der Waals surface area contributed by atoms with Gasteiger partial charge in [0, 0.05) is 48.3 Å². The maximum absolute atomic E-state index is 12.3. The molecule has 0 spiro atoms. The predicted octanol–water partition coefficient (Wildman–Crippen LogP) is 4.11. The molecule has 2 rings (SSSR count). The van der Waals surface area contributed by atoms with Crippen LogP contribution in [0.25, 0.3) is 0 Å². The largest absolute Gasteiger partial charge is 0.444 e. The lowest BCUT2D eigenvalue weighted by molar-refractivity contribution is -0.385. The van der Waals surface area contributed by atoms with Gasteiger partial charge in [0.15, 0.2) is 0 Å². The summed E-state index contributed by atoms with van der Waals surface area (Å²) in [6.07, 6.45) is -0.293. The average Bonchev–Trinajstić information content (AvgIpc) is 2.48. The van der Waals surface area contributed by atoms with Gasteiger partial charge in [0.25, 0.3) is 5.69 Å². The Labute approximate surface area is 162 Å². The number of amides is 1. The highest BCUT2D eigenvalue weighted by Crippen LogP contribution is 2.28. The molecule has 1 heterocycles. The van der Waals surface area contributed by atoms with Crippen molar-refractivity contribution in [2.45, 2.75) is 52.8 Å². The molecule has 1 aliphatic heterocycles. The molecule has 0 unspecified atom stereocenters. The molecule has 0 saturated carbocycles. The molecule has 1 fully saturated rings. The second kappa shape index (κ2) is 7.92. The minimum Gasteiger partial charge on any atom is -0.444 e. The molecule has 1 aromatic rings. The molecule has 26 heavy (non-hydrogen) atoms. The van der Waals surface area contributed by atoms with Crippen molar-refractivity contribution in [2.24, 2.45) is 0 Å². The van der Waals surface area contributed by atoms with Gasteiger partial charge in [0.1, 0.15) is 5.60 Å². The van der Waals surface area contributed by atoms with E-state index < -0.39 is 5.60 Å². The van der Waals surface area contributed by atoms with Crippen LogP contribution in [0.2, 0.25) is 0 Å². The van der Waals surface area contributed by atoms with Crippen LogP contribution in [0.4, 0.5) is 10.5 Å². The second-order valence-electron chi connectivity index (χ2n) is 7.72. The van der Waals surface area contributed by atoms with Crippen LogP contribution in [0.1, 0.15) is 38.8 Å². The van der Waals surface area contributed by atoms with E-state index in [-0.39, 0.29) is 22.7 Å². The van der Waals surface area contributed by atoms with Crippen LogP contribution in [-0.2, 0) is 11.3 Å². The molecule has 1 saturated heterocycles. The number of hydrogen-bond donors (Lipinski definition) is 0. The zero-order chi connectivity index (χ0) is 19.6. The van der Waals surface area contributed by atoms with Crippen LogP contribution in [0.15, 0.2) is 16.6 Å². The Bertz CT molecular complexity index is 702. The number of hydrogen-bond acceptors (Lipinski definition) is 5. The Balaban J connectivity index is 2.06. The number of nitrogens with zero attached hydrogens (tertiary/aromatic N) is 3. The summed E-state index contributed by atoms with van der Waals surface area (Å²) in [6, 6.07) is 3.47. The standard InChI is InChI=1S/C18H26BrN3O4/c1-12-10-20(6-7-21(12)17(23)26-18(3,4)5)11-14-8-15(19)9-16(13(14)2)22(24)25/h8-9,12H,6-7,10-11H2,1-5H3/t12-/m0/s1. The molecular formula is C18H26BrN3O4. The summed E-state index contributed by atoms with van der Waals surface area (Å²) in [6.45, 7) is 11.9. The van der Waals surface area contributed by atoms with Gasteiger partial charge in [-0.25, -0.2) is 4.79 Å². The van der Waals surface area contributed by atoms with Gasteiger partial charge in [-0.1, -0.05) is 15.9 Å². The maximum Gasteiger partial charge on any atom is 0.410 e. The van der Waals surface area contributed by atoms with Gasteiger partial charge in [0.05, 0.1) is 4.92 Å². The van der Waals surface area contributed by atoms with Crippen molar-refractivity contribution in [1.82, 2.24) is 9.80 Å². The third kappa shape index (κ3) is 5.17. The Hall–Kier alpha value is -1.67. The second-order valence-corrected chi connectivity index (χ2v) is 8.64. The van der Waals surface area contributed by atoms with E-state index >= 15 is 0 Å². The van der Waals surface area contributed by atoms with Crippen molar-refractivity contribution >= 4 is 27.7 Å². The van der Waals surface area contributed by atoms with E-state index in [0.29, 0.717) is 36.2 Å². The van der Waals surface area contributed by atoms with Gasteiger partial charge < -0.3 is 9.64 Å². The molecule has 1 amide bonds. The van der Waals surface area contributed by atoms with Crippen LogP contribution >= 0.6 is 15.9 Å². The van der Waals surface area contributed by atoms with E-state index in [2.05, 4.69) is 20.8 Å². The third-order valence-corrected chi connectivity index (χ3v) is 4.84. The Morgan fingerprint density at radius 3 is 2.58 bits per heavy atom. The van der Waals surface area contributed by atoms with Crippen molar-refractivity contribution in [2.75, 3.05) is 19.6 Å². The molecular weight excluding hydrogens is 402 g/mol. The van der Waals surface area contributed by atoms with Crippen molar-refractivity contribution in [3.63, 3.8) is 0 Å². The SMILES string of the molecule is Cc1c(CN2CCN(C(=O)OC(C)(C)C)[C@@H](C)C2)cc(Br)cc1[N+](=O)[O-]. The van der Waals surface area contributed by atoms with Gasteiger partial charge in [-0.3, -0.25) is 15.0 Å². The number of carbonyl (C=O) groups excluding carboxylic acids is 1. The quantitative estimate of drug-likeness (QED) is 0.535. The molecule has 8 heteroatoms. The van der Waals surface area contributed by atoms with Crippen molar-refractivity contribution in [3.8, 4) is 0 Å². The lowest BCUT2D eigenvalue weighted by Crippen LogP contribution is -2.54. The van der Waals surface area contributed by atoms with Gasteiger partial charge in [-0.15, -0.1) is 0 Å². The number of ether oxygens (including phenoxy) is 1. The monoisotopic (exact) mass is 427 g/mol. The summed E-state index contributed by atoms with van der Waals surface area (Å²) in [5.41, 5.74) is 1.21. The fraction of sp³-hybridized carbons (Fsp3) is 0.611. The van der Waals surface area contributed by atoms with Gasteiger partial charge >= 0.3 is 6.09 Å². The third-order valence-electron chi connectivity index (χ3n) is 4.38. The number of nitro benzene ring substituents is 1. The average molecular weight is 428 g/mol. The number of halogens is 1. The summed E-state index contributed by atoms with van der Waals surface area (Å²) in [5.74, 6) is 0. The van der Waals surface area contributed by atoms with Crippen molar-refractivity contribution < 1.29 is 14.5 Å². The summed E-state index contributed by atoms with van der Waals surface area (Å²) >= 11 is 3.36. The van der Waals surface area contributed by atoms with E-state index in [4.69, 9.17) is 4.74 Å². The molecule has 1 atom stereocenters. The summed E-state index contributed by atoms with van der Waals surface area (Å²) in [7, 11) is 0. The van der Waals surface area contributed by atoms with E-state index in [0.717, 1.165) is 5.56 Å². The number of piperazine rings is 1. The topological polar surface area (TPSA) is 75.9 Å². The van der Waals surface area contributed by atoms with Crippen molar-refractivity contribution in [1.29, 1.82) is 0 Å². The fourth-order valence-corrected chi connectivity index (χ4v) is 3.58. The zero-order valence-corrected chi connectivity index (χ0v) is 17.5. The molecule has 144 valence electrons. The summed E-state index contributed by atoms with van der Waals surface area (Å²) in [5, 5.41) is 11.2.